The molecular weight excluding hydrogens is 234 g/mol. The average Bonchev–Trinajstić information content (AvgIpc) is 2.32. The van der Waals surface area contributed by atoms with E-state index in [2.05, 4.69) is 18.8 Å². The van der Waals surface area contributed by atoms with E-state index in [9.17, 15) is 4.79 Å². The Morgan fingerprint density at radius 1 is 1.59 bits per heavy atom. The monoisotopic (exact) mass is 251 g/mol. The maximum absolute atomic E-state index is 12.4. The van der Waals surface area contributed by atoms with Crippen molar-refractivity contribution in [2.75, 3.05) is 18.0 Å². The molecule has 17 heavy (non-hydrogen) atoms. The van der Waals surface area contributed by atoms with Crippen LogP contribution in [0.4, 0.5) is 5.82 Å². The van der Waals surface area contributed by atoms with Crippen LogP contribution >= 0.6 is 11.8 Å². The number of aromatic nitrogens is 1. The molecule has 92 valence electrons. The SMILES string of the molecule is CC1SCCN(C(=O)c2cccnc2N)C1C. The number of anilines is 1. The molecule has 0 bridgehead atoms. The van der Waals surface area contributed by atoms with Crippen molar-refractivity contribution in [2.45, 2.75) is 25.1 Å². The topological polar surface area (TPSA) is 59.2 Å². The Hall–Kier alpha value is -1.23. The highest BCUT2D eigenvalue weighted by Gasteiger charge is 2.30. The number of amides is 1. The van der Waals surface area contributed by atoms with Crippen molar-refractivity contribution in [1.82, 2.24) is 9.88 Å². The van der Waals surface area contributed by atoms with Crippen LogP contribution in [-0.2, 0) is 0 Å². The Labute approximate surface area is 106 Å². The number of carbonyl (C=O) groups excluding carboxylic acids is 1. The summed E-state index contributed by atoms with van der Waals surface area (Å²) in [6, 6.07) is 3.72. The van der Waals surface area contributed by atoms with Crippen molar-refractivity contribution in [2.24, 2.45) is 0 Å². The normalized spacial score (nSPS) is 24.7. The van der Waals surface area contributed by atoms with Gasteiger partial charge in [0.1, 0.15) is 5.82 Å². The van der Waals surface area contributed by atoms with Crippen molar-refractivity contribution in [3.05, 3.63) is 23.9 Å². The van der Waals surface area contributed by atoms with E-state index in [1.54, 1.807) is 18.3 Å². The molecule has 0 spiro atoms. The number of hydrogen-bond acceptors (Lipinski definition) is 4. The smallest absolute Gasteiger partial charge is 0.257 e. The third-order valence-corrected chi connectivity index (χ3v) is 4.55. The van der Waals surface area contributed by atoms with Crippen LogP contribution in [-0.4, -0.2) is 39.4 Å². The summed E-state index contributed by atoms with van der Waals surface area (Å²) in [5.41, 5.74) is 6.26. The molecule has 1 aromatic heterocycles. The summed E-state index contributed by atoms with van der Waals surface area (Å²) in [5.74, 6) is 1.29. The Balaban J connectivity index is 2.23. The van der Waals surface area contributed by atoms with E-state index in [1.807, 2.05) is 16.7 Å². The average molecular weight is 251 g/mol. The lowest BCUT2D eigenvalue weighted by Gasteiger charge is -2.37. The molecule has 1 aliphatic rings. The number of thioether (sulfide) groups is 1. The number of carbonyl (C=O) groups is 1. The molecule has 2 atom stereocenters. The fourth-order valence-corrected chi connectivity index (χ4v) is 3.07. The predicted molar refractivity (Wildman–Crippen MR) is 71.1 cm³/mol. The molecule has 1 aromatic rings. The molecule has 0 radical (unpaired) electrons. The van der Waals surface area contributed by atoms with Crippen LogP contribution in [0.5, 0.6) is 0 Å². The van der Waals surface area contributed by atoms with Gasteiger partial charge in [0.2, 0.25) is 0 Å². The summed E-state index contributed by atoms with van der Waals surface area (Å²) in [6.45, 7) is 5.02. The van der Waals surface area contributed by atoms with Gasteiger partial charge >= 0.3 is 0 Å². The molecule has 0 aromatic carbocycles. The van der Waals surface area contributed by atoms with Crippen LogP contribution in [0.3, 0.4) is 0 Å². The molecule has 1 fully saturated rings. The highest BCUT2D eigenvalue weighted by atomic mass is 32.2. The lowest BCUT2D eigenvalue weighted by Crippen LogP contribution is -2.48. The molecule has 1 amide bonds. The van der Waals surface area contributed by atoms with E-state index < -0.39 is 0 Å². The van der Waals surface area contributed by atoms with Gasteiger partial charge in [0, 0.05) is 29.8 Å². The first-order chi connectivity index (χ1) is 8.11. The van der Waals surface area contributed by atoms with Crippen LogP contribution < -0.4 is 5.73 Å². The standard InChI is InChI=1S/C12H17N3OS/c1-8-9(2)17-7-6-15(8)12(16)10-4-3-5-14-11(10)13/h3-5,8-9H,6-7H2,1-2H3,(H2,13,14). The first-order valence-electron chi connectivity index (χ1n) is 5.74. The largest absolute Gasteiger partial charge is 0.383 e. The fourth-order valence-electron chi connectivity index (χ4n) is 1.97. The van der Waals surface area contributed by atoms with Crippen LogP contribution in [0, 0.1) is 0 Å². The van der Waals surface area contributed by atoms with Crippen LogP contribution in [0.15, 0.2) is 18.3 Å². The van der Waals surface area contributed by atoms with E-state index in [1.165, 1.54) is 0 Å². The van der Waals surface area contributed by atoms with E-state index in [0.717, 1.165) is 12.3 Å². The first-order valence-corrected chi connectivity index (χ1v) is 6.79. The number of nitrogen functional groups attached to an aromatic ring is 1. The molecule has 1 aliphatic heterocycles. The molecule has 0 saturated carbocycles. The summed E-state index contributed by atoms with van der Waals surface area (Å²) in [6.07, 6.45) is 1.60. The zero-order chi connectivity index (χ0) is 12.4. The van der Waals surface area contributed by atoms with Crippen LogP contribution in [0.1, 0.15) is 24.2 Å². The number of nitrogens with zero attached hydrogens (tertiary/aromatic N) is 2. The second-order valence-electron chi connectivity index (χ2n) is 4.25. The van der Waals surface area contributed by atoms with Crippen molar-refractivity contribution in [1.29, 1.82) is 0 Å². The summed E-state index contributed by atoms with van der Waals surface area (Å²) < 4.78 is 0. The Morgan fingerprint density at radius 2 is 2.35 bits per heavy atom. The molecule has 1 saturated heterocycles. The van der Waals surface area contributed by atoms with Gasteiger partial charge in [0.25, 0.3) is 5.91 Å². The zero-order valence-corrected chi connectivity index (χ0v) is 10.9. The minimum atomic E-state index is -0.00440. The van der Waals surface area contributed by atoms with Crippen molar-refractivity contribution >= 4 is 23.5 Å². The summed E-state index contributed by atoms with van der Waals surface area (Å²) in [4.78, 5) is 18.2. The number of pyridine rings is 1. The van der Waals surface area contributed by atoms with Gasteiger partial charge in [-0.05, 0) is 19.1 Å². The Bertz CT molecular complexity index is 424. The minimum absolute atomic E-state index is 0.00440. The zero-order valence-electron chi connectivity index (χ0n) is 10.1. The number of nitrogens with two attached hydrogens (primary N) is 1. The molecule has 0 aliphatic carbocycles. The lowest BCUT2D eigenvalue weighted by atomic mass is 10.1. The quantitative estimate of drug-likeness (QED) is 0.824. The van der Waals surface area contributed by atoms with Gasteiger partial charge in [-0.3, -0.25) is 4.79 Å². The van der Waals surface area contributed by atoms with Crippen molar-refractivity contribution in [3.8, 4) is 0 Å². The van der Waals surface area contributed by atoms with Gasteiger partial charge in [0.05, 0.1) is 5.56 Å². The molecule has 2 rings (SSSR count). The Morgan fingerprint density at radius 3 is 3.06 bits per heavy atom. The molecule has 2 heterocycles. The first kappa shape index (κ1) is 12.2. The maximum Gasteiger partial charge on any atom is 0.257 e. The van der Waals surface area contributed by atoms with Crippen LogP contribution in [0.25, 0.3) is 0 Å². The van der Waals surface area contributed by atoms with Gasteiger partial charge in [-0.15, -0.1) is 0 Å². The highest BCUT2D eigenvalue weighted by molar-refractivity contribution is 8.00. The predicted octanol–water partition coefficient (Wildman–Crippen LogP) is 1.63. The lowest BCUT2D eigenvalue weighted by molar-refractivity contribution is 0.0699. The number of rotatable bonds is 1. The highest BCUT2D eigenvalue weighted by Crippen LogP contribution is 2.26. The summed E-state index contributed by atoms with van der Waals surface area (Å²) in [5, 5.41) is 0.464. The van der Waals surface area contributed by atoms with Gasteiger partial charge < -0.3 is 10.6 Å². The van der Waals surface area contributed by atoms with Gasteiger partial charge in [0.15, 0.2) is 0 Å². The van der Waals surface area contributed by atoms with E-state index in [4.69, 9.17) is 5.73 Å². The van der Waals surface area contributed by atoms with Crippen molar-refractivity contribution < 1.29 is 4.79 Å². The van der Waals surface area contributed by atoms with E-state index >= 15 is 0 Å². The van der Waals surface area contributed by atoms with Gasteiger partial charge in [-0.1, -0.05) is 6.92 Å². The second-order valence-corrected chi connectivity index (χ2v) is 5.74. The summed E-state index contributed by atoms with van der Waals surface area (Å²) >= 11 is 1.91. The van der Waals surface area contributed by atoms with Gasteiger partial charge in [-0.25, -0.2) is 4.98 Å². The second kappa shape index (κ2) is 4.96. The third kappa shape index (κ3) is 2.39. The van der Waals surface area contributed by atoms with E-state index in [-0.39, 0.29) is 11.9 Å². The van der Waals surface area contributed by atoms with Crippen molar-refractivity contribution in [3.63, 3.8) is 0 Å². The number of hydrogen-bond donors (Lipinski definition) is 1. The maximum atomic E-state index is 12.4. The van der Waals surface area contributed by atoms with Gasteiger partial charge in [-0.2, -0.15) is 11.8 Å². The minimum Gasteiger partial charge on any atom is -0.383 e. The Kier molecular flexibility index (Phi) is 3.57. The van der Waals surface area contributed by atoms with E-state index in [0.29, 0.717) is 16.6 Å². The molecule has 2 unspecified atom stereocenters. The summed E-state index contributed by atoms with van der Waals surface area (Å²) in [7, 11) is 0. The molecule has 4 nitrogen and oxygen atoms in total. The molecular formula is C12H17N3OS. The molecule has 5 heteroatoms. The molecule has 2 N–H and O–H groups in total. The fraction of sp³-hybridized carbons (Fsp3) is 0.500. The van der Waals surface area contributed by atoms with Crippen LogP contribution in [0.2, 0.25) is 0 Å². The third-order valence-electron chi connectivity index (χ3n) is 3.21.